The molecule has 3 aliphatic rings. The highest BCUT2D eigenvalue weighted by Gasteiger charge is 2.39. The van der Waals surface area contributed by atoms with E-state index in [0.717, 1.165) is 0 Å². The highest BCUT2D eigenvalue weighted by atomic mass is 14.4. The number of fused-ring (bicyclic) bond motifs is 2. The second-order valence-corrected chi connectivity index (χ2v) is 4.37. The second kappa shape index (κ2) is 1.59. The van der Waals surface area contributed by atoms with Gasteiger partial charge in [-0.05, 0) is 39.5 Å². The predicted molar refractivity (Wildman–Crippen MR) is 42.5 cm³/mol. The van der Waals surface area contributed by atoms with Crippen LogP contribution in [0.15, 0.2) is 0 Å². The van der Waals surface area contributed by atoms with E-state index in [9.17, 15) is 0 Å². The molecule has 3 rings (SSSR count). The first-order valence-corrected chi connectivity index (χ1v) is 4.16. The van der Waals surface area contributed by atoms with E-state index in [2.05, 4.69) is 25.7 Å². The zero-order chi connectivity index (χ0) is 7.24. The van der Waals surface area contributed by atoms with Gasteiger partial charge in [-0.25, -0.2) is 0 Å². The van der Waals surface area contributed by atoms with Gasteiger partial charge in [-0.2, -0.15) is 0 Å². The Morgan fingerprint density at radius 2 is 1.10 bits per heavy atom. The monoisotopic (exact) mass is 134 g/mol. The fourth-order valence-electron chi connectivity index (χ4n) is 1.91. The van der Waals surface area contributed by atoms with Crippen molar-refractivity contribution in [1.82, 2.24) is 0 Å². The third-order valence-corrected chi connectivity index (χ3v) is 3.12. The summed E-state index contributed by atoms with van der Waals surface area (Å²) in [6.07, 6.45) is 5.32. The van der Waals surface area contributed by atoms with Crippen molar-refractivity contribution in [2.45, 2.75) is 39.5 Å². The van der Waals surface area contributed by atoms with Crippen LogP contribution in [0.1, 0.15) is 39.5 Å². The van der Waals surface area contributed by atoms with Crippen LogP contribution in [0.2, 0.25) is 0 Å². The molecule has 0 heterocycles. The Bertz CT molecular complexity index is 184. The molecule has 0 atom stereocenters. The average Bonchev–Trinajstić information content (AvgIpc) is 1.93. The first kappa shape index (κ1) is 6.28. The van der Waals surface area contributed by atoms with Crippen molar-refractivity contribution in [1.29, 1.82) is 0 Å². The maximum Gasteiger partial charge on any atom is 0.0287 e. The van der Waals surface area contributed by atoms with Gasteiger partial charge in [0.25, 0.3) is 0 Å². The predicted octanol–water partition coefficient (Wildman–Crippen LogP) is 2.59. The van der Waals surface area contributed by atoms with Crippen molar-refractivity contribution in [2.24, 2.45) is 10.8 Å². The zero-order valence-corrected chi connectivity index (χ0v) is 6.83. The van der Waals surface area contributed by atoms with Gasteiger partial charge in [-0.15, -0.1) is 0 Å². The summed E-state index contributed by atoms with van der Waals surface area (Å²) < 4.78 is 0. The molecule has 0 aromatic rings. The molecule has 1 fully saturated rings. The van der Waals surface area contributed by atoms with Gasteiger partial charge < -0.3 is 0 Å². The normalized spacial score (nSPS) is 50.2. The molecule has 2 bridgehead atoms. The molecule has 54 valence electrons. The fraction of sp³-hybridized carbons (Fsp3) is 0.800. The zero-order valence-electron chi connectivity index (χ0n) is 6.83. The summed E-state index contributed by atoms with van der Waals surface area (Å²) >= 11 is 0. The molecule has 3 aliphatic carbocycles. The Morgan fingerprint density at radius 1 is 0.800 bits per heavy atom. The average molecular weight is 134 g/mol. The minimum atomic E-state index is 0.401. The Hall–Kier alpha value is -0.440. The Balaban J connectivity index is 2.39. The molecule has 0 spiro atoms. The SMILES string of the molecule is CC12C#CC(C)(CC1)CC2. The van der Waals surface area contributed by atoms with Gasteiger partial charge in [0.15, 0.2) is 0 Å². The van der Waals surface area contributed by atoms with Crippen LogP contribution >= 0.6 is 0 Å². The molecular weight excluding hydrogens is 120 g/mol. The van der Waals surface area contributed by atoms with Crippen molar-refractivity contribution in [3.63, 3.8) is 0 Å². The van der Waals surface area contributed by atoms with Gasteiger partial charge in [0, 0.05) is 10.8 Å². The highest BCUT2D eigenvalue weighted by molar-refractivity contribution is 5.25. The van der Waals surface area contributed by atoms with E-state index >= 15 is 0 Å². The van der Waals surface area contributed by atoms with Crippen LogP contribution in [0.4, 0.5) is 0 Å². The lowest BCUT2D eigenvalue weighted by molar-refractivity contribution is 0.178. The van der Waals surface area contributed by atoms with Crippen molar-refractivity contribution < 1.29 is 0 Å². The molecule has 0 N–H and O–H groups in total. The van der Waals surface area contributed by atoms with Gasteiger partial charge in [0.2, 0.25) is 0 Å². The van der Waals surface area contributed by atoms with Crippen LogP contribution in [0.5, 0.6) is 0 Å². The van der Waals surface area contributed by atoms with Crippen LogP contribution in [-0.2, 0) is 0 Å². The van der Waals surface area contributed by atoms with E-state index in [1.807, 2.05) is 0 Å². The quantitative estimate of drug-likeness (QED) is 0.447. The number of hydrogen-bond acceptors (Lipinski definition) is 0. The summed E-state index contributed by atoms with van der Waals surface area (Å²) in [4.78, 5) is 0. The van der Waals surface area contributed by atoms with E-state index in [1.54, 1.807) is 0 Å². The Kier molecular flexibility index (Phi) is 0.997. The van der Waals surface area contributed by atoms with Gasteiger partial charge >= 0.3 is 0 Å². The topological polar surface area (TPSA) is 0 Å². The summed E-state index contributed by atoms with van der Waals surface area (Å²) in [5, 5.41) is 0. The smallest absolute Gasteiger partial charge is 0.0287 e. The molecule has 0 aromatic heterocycles. The summed E-state index contributed by atoms with van der Waals surface area (Å²) in [6.45, 7) is 4.61. The lowest BCUT2D eigenvalue weighted by Gasteiger charge is -2.41. The Morgan fingerprint density at radius 3 is 1.30 bits per heavy atom. The molecule has 0 amide bonds. The summed E-state index contributed by atoms with van der Waals surface area (Å²) in [5.74, 6) is 6.77. The van der Waals surface area contributed by atoms with E-state index in [-0.39, 0.29) is 0 Å². The first-order chi connectivity index (χ1) is 4.62. The third-order valence-electron chi connectivity index (χ3n) is 3.12. The van der Waals surface area contributed by atoms with Crippen molar-refractivity contribution in [2.75, 3.05) is 0 Å². The molecule has 1 saturated carbocycles. The standard InChI is InChI=1S/C10H14/c1-9-3-6-10(2,7-4-9)8-5-9/h3-4,6-7H2,1-2H3. The van der Waals surface area contributed by atoms with Crippen molar-refractivity contribution in [3.8, 4) is 11.8 Å². The maximum absolute atomic E-state index is 3.39. The van der Waals surface area contributed by atoms with Gasteiger partial charge in [-0.1, -0.05) is 11.8 Å². The van der Waals surface area contributed by atoms with Crippen molar-refractivity contribution in [3.05, 3.63) is 0 Å². The molecule has 0 nitrogen and oxygen atoms in total. The van der Waals surface area contributed by atoms with Gasteiger partial charge in [0.1, 0.15) is 0 Å². The van der Waals surface area contributed by atoms with Crippen LogP contribution in [0, 0.1) is 22.7 Å². The van der Waals surface area contributed by atoms with E-state index < -0.39 is 0 Å². The minimum Gasteiger partial charge on any atom is -0.0962 e. The molecule has 10 heavy (non-hydrogen) atoms. The molecule has 0 saturated heterocycles. The van der Waals surface area contributed by atoms with E-state index in [4.69, 9.17) is 0 Å². The minimum absolute atomic E-state index is 0.401. The molecule has 0 aromatic carbocycles. The molecule has 0 aliphatic heterocycles. The highest BCUT2D eigenvalue weighted by Crippen LogP contribution is 2.47. The third kappa shape index (κ3) is 0.770. The molecule has 0 unspecified atom stereocenters. The lowest BCUT2D eigenvalue weighted by atomic mass is 9.61. The largest absolute Gasteiger partial charge is 0.0962 e. The number of rotatable bonds is 0. The Labute approximate surface area is 63.0 Å². The second-order valence-electron chi connectivity index (χ2n) is 4.37. The van der Waals surface area contributed by atoms with Crippen LogP contribution < -0.4 is 0 Å². The van der Waals surface area contributed by atoms with Gasteiger partial charge in [0.05, 0.1) is 0 Å². The first-order valence-electron chi connectivity index (χ1n) is 4.16. The summed E-state index contributed by atoms with van der Waals surface area (Å²) in [7, 11) is 0. The lowest BCUT2D eigenvalue weighted by Crippen LogP contribution is -2.33. The summed E-state index contributed by atoms with van der Waals surface area (Å²) in [6, 6.07) is 0. The fourth-order valence-corrected chi connectivity index (χ4v) is 1.91. The number of hydrogen-bond donors (Lipinski definition) is 0. The molecular formula is C10H14. The van der Waals surface area contributed by atoms with E-state index in [0.29, 0.717) is 10.8 Å². The van der Waals surface area contributed by atoms with Crippen molar-refractivity contribution >= 4 is 0 Å². The van der Waals surface area contributed by atoms with Gasteiger partial charge in [-0.3, -0.25) is 0 Å². The van der Waals surface area contributed by atoms with Crippen LogP contribution in [-0.4, -0.2) is 0 Å². The van der Waals surface area contributed by atoms with Crippen LogP contribution in [0.3, 0.4) is 0 Å². The maximum atomic E-state index is 3.39. The molecule has 0 heteroatoms. The molecule has 0 radical (unpaired) electrons. The summed E-state index contributed by atoms with van der Waals surface area (Å²) in [5.41, 5.74) is 0.801. The van der Waals surface area contributed by atoms with E-state index in [1.165, 1.54) is 25.7 Å². The van der Waals surface area contributed by atoms with Crippen LogP contribution in [0.25, 0.3) is 0 Å².